The minimum absolute atomic E-state index is 0.0261. The van der Waals surface area contributed by atoms with E-state index in [1.54, 1.807) is 6.20 Å². The summed E-state index contributed by atoms with van der Waals surface area (Å²) in [7, 11) is 1.86. The zero-order chi connectivity index (χ0) is 13.8. The van der Waals surface area contributed by atoms with Crippen molar-refractivity contribution >= 4 is 17.7 Å². The van der Waals surface area contributed by atoms with E-state index in [0.29, 0.717) is 11.7 Å². The van der Waals surface area contributed by atoms with E-state index in [4.69, 9.17) is 5.11 Å². The Labute approximate surface area is 118 Å². The van der Waals surface area contributed by atoms with Crippen LogP contribution in [0.25, 0.3) is 0 Å². The van der Waals surface area contributed by atoms with E-state index < -0.39 is 0 Å². The first kappa shape index (κ1) is 14.4. The molecule has 1 aliphatic rings. The van der Waals surface area contributed by atoms with Crippen LogP contribution in [0, 0.1) is 5.92 Å². The fourth-order valence-electron chi connectivity index (χ4n) is 2.34. The van der Waals surface area contributed by atoms with Gasteiger partial charge in [0.2, 0.25) is 5.91 Å². The van der Waals surface area contributed by atoms with Crippen molar-refractivity contribution in [3.05, 3.63) is 11.9 Å². The van der Waals surface area contributed by atoms with Gasteiger partial charge in [-0.2, -0.15) is 0 Å². The summed E-state index contributed by atoms with van der Waals surface area (Å²) in [6.45, 7) is 3.93. The number of likely N-dealkylation sites (tertiary alicyclic amines) is 1. The Bertz CT molecular complexity index is 447. The van der Waals surface area contributed by atoms with Crippen LogP contribution < -0.4 is 0 Å². The molecule has 1 aromatic heterocycles. The molecular formula is C13H21N3O2S. The highest BCUT2D eigenvalue weighted by atomic mass is 32.2. The molecule has 0 saturated carbocycles. The quantitative estimate of drug-likeness (QED) is 0.845. The van der Waals surface area contributed by atoms with Crippen LogP contribution >= 0.6 is 11.8 Å². The molecule has 2 rings (SSSR count). The maximum Gasteiger partial charge on any atom is 0.233 e. The zero-order valence-electron chi connectivity index (χ0n) is 11.5. The molecule has 0 aromatic carbocycles. The summed E-state index contributed by atoms with van der Waals surface area (Å²) in [4.78, 5) is 18.3. The van der Waals surface area contributed by atoms with Crippen molar-refractivity contribution in [2.75, 3.05) is 18.8 Å². The topological polar surface area (TPSA) is 58.4 Å². The zero-order valence-corrected chi connectivity index (χ0v) is 12.3. The third-order valence-electron chi connectivity index (χ3n) is 3.54. The second-order valence-electron chi connectivity index (χ2n) is 5.13. The van der Waals surface area contributed by atoms with Gasteiger partial charge in [0.1, 0.15) is 0 Å². The number of amides is 1. The number of hydrogen-bond donors (Lipinski definition) is 1. The molecule has 0 radical (unpaired) electrons. The van der Waals surface area contributed by atoms with Crippen molar-refractivity contribution < 1.29 is 9.90 Å². The first-order chi connectivity index (χ1) is 9.11. The van der Waals surface area contributed by atoms with E-state index in [1.165, 1.54) is 18.2 Å². The molecule has 1 amide bonds. The number of carbonyl (C=O) groups is 1. The summed E-state index contributed by atoms with van der Waals surface area (Å²) in [5.41, 5.74) is 0.765. The Morgan fingerprint density at radius 3 is 3.05 bits per heavy atom. The summed E-state index contributed by atoms with van der Waals surface area (Å²) < 4.78 is 1.83. The van der Waals surface area contributed by atoms with Gasteiger partial charge < -0.3 is 14.6 Å². The highest BCUT2D eigenvalue weighted by Gasteiger charge is 2.21. The van der Waals surface area contributed by atoms with Crippen LogP contribution in [0.5, 0.6) is 0 Å². The highest BCUT2D eigenvalue weighted by molar-refractivity contribution is 7.99. The number of carbonyl (C=O) groups excluding carboxylic acids is 1. The summed E-state index contributed by atoms with van der Waals surface area (Å²) in [5, 5.41) is 9.88. The molecule has 1 aromatic rings. The van der Waals surface area contributed by atoms with Gasteiger partial charge in [0.25, 0.3) is 0 Å². The number of nitrogens with zero attached hydrogens (tertiary/aromatic N) is 3. The molecule has 1 fully saturated rings. The van der Waals surface area contributed by atoms with Crippen LogP contribution in [0.4, 0.5) is 0 Å². The second-order valence-corrected chi connectivity index (χ2v) is 6.07. The van der Waals surface area contributed by atoms with Gasteiger partial charge in [-0.1, -0.05) is 18.7 Å². The molecule has 1 N–H and O–H groups in total. The molecule has 0 spiro atoms. The summed E-state index contributed by atoms with van der Waals surface area (Å²) in [5.74, 6) is 1.21. The van der Waals surface area contributed by atoms with E-state index in [0.717, 1.165) is 30.4 Å². The van der Waals surface area contributed by atoms with Gasteiger partial charge in [-0.15, -0.1) is 0 Å². The third kappa shape index (κ3) is 3.51. The fourth-order valence-corrected chi connectivity index (χ4v) is 3.21. The van der Waals surface area contributed by atoms with Crippen LogP contribution in [-0.4, -0.2) is 44.3 Å². The number of aromatic nitrogens is 2. The minimum atomic E-state index is -0.0261. The molecule has 1 atom stereocenters. The first-order valence-electron chi connectivity index (χ1n) is 6.64. The Morgan fingerprint density at radius 2 is 2.42 bits per heavy atom. The predicted molar refractivity (Wildman–Crippen MR) is 74.8 cm³/mol. The number of imidazole rings is 1. The van der Waals surface area contributed by atoms with Gasteiger partial charge in [0.15, 0.2) is 5.16 Å². The number of aliphatic hydroxyl groups is 1. The van der Waals surface area contributed by atoms with Crippen LogP contribution in [0.1, 0.15) is 25.5 Å². The van der Waals surface area contributed by atoms with E-state index in [-0.39, 0.29) is 12.5 Å². The highest BCUT2D eigenvalue weighted by Crippen LogP contribution is 2.20. The molecule has 0 bridgehead atoms. The number of hydrogen-bond acceptors (Lipinski definition) is 4. The number of piperidine rings is 1. The molecule has 1 unspecified atom stereocenters. The smallest absolute Gasteiger partial charge is 0.233 e. The molecule has 1 aliphatic heterocycles. The van der Waals surface area contributed by atoms with Gasteiger partial charge >= 0.3 is 0 Å². The maximum absolute atomic E-state index is 12.1. The van der Waals surface area contributed by atoms with Gasteiger partial charge in [-0.3, -0.25) is 4.79 Å². The standard InChI is InChI=1S/C13H21N3O2S/c1-10-4-3-5-16(7-10)12(18)9-19-13-14-6-11(8-17)15(13)2/h6,10,17H,3-5,7-9H2,1-2H3. The van der Waals surface area contributed by atoms with E-state index in [2.05, 4.69) is 11.9 Å². The first-order valence-corrected chi connectivity index (χ1v) is 7.62. The molecule has 6 heteroatoms. The van der Waals surface area contributed by atoms with Crippen molar-refractivity contribution in [3.8, 4) is 0 Å². The summed E-state index contributed by atoms with van der Waals surface area (Å²) >= 11 is 1.44. The molecule has 1 saturated heterocycles. The van der Waals surface area contributed by atoms with E-state index in [1.807, 2.05) is 16.5 Å². The lowest BCUT2D eigenvalue weighted by atomic mass is 10.0. The summed E-state index contributed by atoms with van der Waals surface area (Å²) in [6.07, 6.45) is 3.97. The SMILES string of the molecule is CC1CCCN(C(=O)CSc2ncc(CO)n2C)C1. The van der Waals surface area contributed by atoms with E-state index in [9.17, 15) is 4.79 Å². The van der Waals surface area contributed by atoms with Crippen LogP contribution in [0.15, 0.2) is 11.4 Å². The minimum Gasteiger partial charge on any atom is -0.390 e. The largest absolute Gasteiger partial charge is 0.390 e. The third-order valence-corrected chi connectivity index (χ3v) is 4.57. The molecule has 19 heavy (non-hydrogen) atoms. The molecule has 0 aliphatic carbocycles. The Balaban J connectivity index is 1.87. The van der Waals surface area contributed by atoms with Crippen molar-refractivity contribution in [2.45, 2.75) is 31.5 Å². The average Bonchev–Trinajstić information content (AvgIpc) is 2.76. The molecule has 2 heterocycles. The van der Waals surface area contributed by atoms with Crippen molar-refractivity contribution in [1.82, 2.24) is 14.5 Å². The molecule has 106 valence electrons. The normalized spacial score (nSPS) is 19.7. The summed E-state index contributed by atoms with van der Waals surface area (Å²) in [6, 6.07) is 0. The monoisotopic (exact) mass is 283 g/mol. The lowest BCUT2D eigenvalue weighted by molar-refractivity contribution is -0.130. The maximum atomic E-state index is 12.1. The lowest BCUT2D eigenvalue weighted by Gasteiger charge is -2.30. The number of thioether (sulfide) groups is 1. The Hall–Kier alpha value is -1.01. The Morgan fingerprint density at radius 1 is 1.63 bits per heavy atom. The van der Waals surface area contributed by atoms with Gasteiger partial charge in [-0.25, -0.2) is 4.98 Å². The van der Waals surface area contributed by atoms with Crippen molar-refractivity contribution in [1.29, 1.82) is 0 Å². The van der Waals surface area contributed by atoms with Crippen LogP contribution in [0.3, 0.4) is 0 Å². The lowest BCUT2D eigenvalue weighted by Crippen LogP contribution is -2.40. The second kappa shape index (κ2) is 6.43. The van der Waals surface area contributed by atoms with Gasteiger partial charge in [0, 0.05) is 20.1 Å². The van der Waals surface area contributed by atoms with Gasteiger partial charge in [0.05, 0.1) is 24.3 Å². The van der Waals surface area contributed by atoms with E-state index >= 15 is 0 Å². The molecule has 5 nitrogen and oxygen atoms in total. The van der Waals surface area contributed by atoms with Crippen LogP contribution in [0.2, 0.25) is 0 Å². The Kier molecular flexibility index (Phi) is 4.87. The fraction of sp³-hybridized carbons (Fsp3) is 0.692. The van der Waals surface area contributed by atoms with Crippen molar-refractivity contribution in [2.24, 2.45) is 13.0 Å². The van der Waals surface area contributed by atoms with Crippen molar-refractivity contribution in [3.63, 3.8) is 0 Å². The van der Waals surface area contributed by atoms with Gasteiger partial charge in [-0.05, 0) is 18.8 Å². The van der Waals surface area contributed by atoms with Crippen LogP contribution in [-0.2, 0) is 18.4 Å². The molecular weight excluding hydrogens is 262 g/mol. The average molecular weight is 283 g/mol. The number of aliphatic hydroxyl groups excluding tert-OH is 1. The predicted octanol–water partition coefficient (Wildman–Crippen LogP) is 1.26. The number of rotatable bonds is 4.